The minimum atomic E-state index is -0.410. The summed E-state index contributed by atoms with van der Waals surface area (Å²) in [5.41, 5.74) is 6.16. The van der Waals surface area contributed by atoms with Crippen LogP contribution >= 0.6 is 12.2 Å². The minimum Gasteiger partial charge on any atom is -0.496 e. The average molecular weight is 465 g/mol. The fraction of sp³-hybridized carbons (Fsp3) is 0.167. The number of para-hydroxylation sites is 1. The van der Waals surface area contributed by atoms with Crippen LogP contribution in [0, 0.1) is 17.0 Å². The van der Waals surface area contributed by atoms with Gasteiger partial charge < -0.3 is 14.8 Å². The van der Waals surface area contributed by atoms with E-state index in [9.17, 15) is 10.1 Å². The monoisotopic (exact) mass is 464 g/mol. The first-order valence-corrected chi connectivity index (χ1v) is 10.5. The normalized spacial score (nSPS) is 10.6. The van der Waals surface area contributed by atoms with Gasteiger partial charge in [0.05, 0.1) is 12.0 Å². The average Bonchev–Trinajstić information content (AvgIpc) is 2.81. The van der Waals surface area contributed by atoms with Gasteiger partial charge in [-0.15, -0.1) is 0 Å². The molecule has 0 bridgehead atoms. The molecule has 3 rings (SSSR count). The van der Waals surface area contributed by atoms with Crippen LogP contribution in [0.4, 0.5) is 11.4 Å². The molecule has 2 N–H and O–H groups in total. The topological polar surface area (TPSA) is 98.0 Å². The highest BCUT2D eigenvalue weighted by atomic mass is 32.1. The van der Waals surface area contributed by atoms with E-state index in [4.69, 9.17) is 21.7 Å². The van der Waals surface area contributed by atoms with Gasteiger partial charge in [0.15, 0.2) is 5.11 Å². The maximum absolute atomic E-state index is 11.0. The molecule has 3 aromatic rings. The molecular weight excluding hydrogens is 440 g/mol. The fourth-order valence-corrected chi connectivity index (χ4v) is 3.26. The molecule has 0 aromatic heterocycles. The predicted octanol–water partition coefficient (Wildman–Crippen LogP) is 5.01. The number of rotatable bonds is 9. The molecule has 8 nitrogen and oxygen atoms in total. The lowest BCUT2D eigenvalue weighted by atomic mass is 10.1. The summed E-state index contributed by atoms with van der Waals surface area (Å²) in [6.07, 6.45) is 2.31. The van der Waals surface area contributed by atoms with E-state index in [-0.39, 0.29) is 12.3 Å². The second-order valence-corrected chi connectivity index (χ2v) is 7.50. The molecule has 0 fully saturated rings. The first kappa shape index (κ1) is 23.7. The second-order valence-electron chi connectivity index (χ2n) is 7.09. The van der Waals surface area contributed by atoms with Crippen LogP contribution in [-0.2, 0) is 13.0 Å². The van der Waals surface area contributed by atoms with Gasteiger partial charge in [0.1, 0.15) is 18.1 Å². The van der Waals surface area contributed by atoms with Gasteiger partial charge in [0, 0.05) is 35.5 Å². The third-order valence-electron chi connectivity index (χ3n) is 4.72. The Balaban J connectivity index is 1.57. The van der Waals surface area contributed by atoms with Crippen molar-refractivity contribution in [3.05, 3.63) is 93.5 Å². The molecule has 0 saturated heterocycles. The zero-order valence-corrected chi connectivity index (χ0v) is 19.1. The molecule has 0 heterocycles. The van der Waals surface area contributed by atoms with Gasteiger partial charge in [0.25, 0.3) is 5.69 Å². The van der Waals surface area contributed by atoms with Gasteiger partial charge in [-0.25, -0.2) is 0 Å². The van der Waals surface area contributed by atoms with Crippen molar-refractivity contribution in [1.29, 1.82) is 0 Å². The van der Waals surface area contributed by atoms with Crippen LogP contribution in [0.15, 0.2) is 71.8 Å². The number of anilines is 1. The van der Waals surface area contributed by atoms with E-state index in [1.807, 2.05) is 48.5 Å². The van der Waals surface area contributed by atoms with Gasteiger partial charge in [-0.05, 0) is 61.1 Å². The number of thiocarbonyl (C=S) groups is 1. The number of hydrogen-bond acceptors (Lipinski definition) is 6. The molecule has 0 amide bonds. The number of nitrogens with one attached hydrogen (secondary N) is 2. The molecule has 9 heteroatoms. The largest absolute Gasteiger partial charge is 0.496 e. The molecule has 3 aromatic carbocycles. The Hall–Kier alpha value is -3.98. The minimum absolute atomic E-state index is 0.0632. The van der Waals surface area contributed by atoms with E-state index in [0.29, 0.717) is 28.6 Å². The maximum Gasteiger partial charge on any atom is 0.272 e. The third-order valence-corrected chi connectivity index (χ3v) is 4.91. The Kier molecular flexibility index (Phi) is 8.31. The van der Waals surface area contributed by atoms with E-state index in [0.717, 1.165) is 16.8 Å². The van der Waals surface area contributed by atoms with Crippen LogP contribution in [0.25, 0.3) is 0 Å². The highest BCUT2D eigenvalue weighted by Gasteiger charge is 2.11. The molecule has 0 aliphatic heterocycles. The maximum atomic E-state index is 11.0. The summed E-state index contributed by atoms with van der Waals surface area (Å²) in [6.45, 7) is 1.94. The Morgan fingerprint density at radius 1 is 1.15 bits per heavy atom. The van der Waals surface area contributed by atoms with Crippen molar-refractivity contribution in [2.75, 3.05) is 12.4 Å². The van der Waals surface area contributed by atoms with Gasteiger partial charge >= 0.3 is 0 Å². The van der Waals surface area contributed by atoms with Crippen LogP contribution < -0.4 is 20.2 Å². The number of ether oxygens (including phenoxy) is 2. The zero-order chi connectivity index (χ0) is 23.6. The molecule has 0 aliphatic carbocycles. The highest BCUT2D eigenvalue weighted by molar-refractivity contribution is 7.80. The Morgan fingerprint density at radius 3 is 2.64 bits per heavy atom. The van der Waals surface area contributed by atoms with Crippen molar-refractivity contribution in [2.24, 2.45) is 5.10 Å². The summed E-state index contributed by atoms with van der Waals surface area (Å²) in [5.74, 6) is 1.25. The second kappa shape index (κ2) is 11.6. The Labute approximate surface area is 197 Å². The standard InChI is InChI=1S/C24H24N4O4S/c1-17-14-21(9-10-22(17)28(29)30)32-16-19-15-18(8-11-23(19)31-2)12-13-25-27-24(33)26-20-6-4-3-5-7-20/h3-11,13-15H,12,16H2,1-2H3,(H2,26,27,33)/b25-13-. The van der Waals surface area contributed by atoms with Crippen molar-refractivity contribution in [3.63, 3.8) is 0 Å². The van der Waals surface area contributed by atoms with Crippen molar-refractivity contribution >= 4 is 34.9 Å². The molecular formula is C24H24N4O4S. The predicted molar refractivity (Wildman–Crippen MR) is 133 cm³/mol. The van der Waals surface area contributed by atoms with Crippen LogP contribution in [0.3, 0.4) is 0 Å². The number of nitro groups is 1. The van der Waals surface area contributed by atoms with Gasteiger partial charge in [0.2, 0.25) is 0 Å². The highest BCUT2D eigenvalue weighted by Crippen LogP contribution is 2.26. The lowest BCUT2D eigenvalue weighted by Gasteiger charge is -2.12. The van der Waals surface area contributed by atoms with Crippen LogP contribution in [0.1, 0.15) is 16.7 Å². The third kappa shape index (κ3) is 7.01. The number of benzene rings is 3. The van der Waals surface area contributed by atoms with Crippen LogP contribution in [-0.4, -0.2) is 23.4 Å². The number of nitro benzene ring substituents is 1. The number of methoxy groups -OCH3 is 1. The summed E-state index contributed by atoms with van der Waals surface area (Å²) in [7, 11) is 1.60. The van der Waals surface area contributed by atoms with E-state index in [1.165, 1.54) is 6.07 Å². The molecule has 0 unspecified atom stereocenters. The molecule has 0 spiro atoms. The molecule has 0 atom stereocenters. The van der Waals surface area contributed by atoms with Crippen molar-refractivity contribution in [3.8, 4) is 11.5 Å². The summed E-state index contributed by atoms with van der Waals surface area (Å²) in [5, 5.41) is 18.6. The summed E-state index contributed by atoms with van der Waals surface area (Å²) in [6, 6.07) is 20.1. The van der Waals surface area contributed by atoms with Gasteiger partial charge in [-0.2, -0.15) is 5.10 Å². The van der Waals surface area contributed by atoms with Crippen molar-refractivity contribution in [2.45, 2.75) is 20.0 Å². The molecule has 33 heavy (non-hydrogen) atoms. The van der Waals surface area contributed by atoms with Crippen molar-refractivity contribution in [1.82, 2.24) is 5.43 Å². The van der Waals surface area contributed by atoms with Crippen LogP contribution in [0.2, 0.25) is 0 Å². The number of nitrogens with zero attached hydrogens (tertiary/aromatic N) is 2. The first-order valence-electron chi connectivity index (χ1n) is 10.1. The van der Waals surface area contributed by atoms with E-state index >= 15 is 0 Å². The quantitative estimate of drug-likeness (QED) is 0.199. The molecule has 0 aliphatic rings. The molecule has 170 valence electrons. The first-order chi connectivity index (χ1) is 16.0. The number of hydrazone groups is 1. The van der Waals surface area contributed by atoms with Gasteiger partial charge in [-0.3, -0.25) is 15.5 Å². The summed E-state index contributed by atoms with van der Waals surface area (Å²) < 4.78 is 11.3. The van der Waals surface area contributed by atoms with E-state index in [2.05, 4.69) is 15.8 Å². The summed E-state index contributed by atoms with van der Waals surface area (Å²) in [4.78, 5) is 10.6. The van der Waals surface area contributed by atoms with E-state index < -0.39 is 4.92 Å². The SMILES string of the molecule is COc1ccc(C/C=N\NC(=S)Nc2ccccc2)cc1COc1ccc([N+](=O)[O-])c(C)c1. The number of aryl methyl sites for hydroxylation is 1. The Morgan fingerprint density at radius 2 is 1.94 bits per heavy atom. The smallest absolute Gasteiger partial charge is 0.272 e. The van der Waals surface area contributed by atoms with E-state index in [1.54, 1.807) is 32.4 Å². The zero-order valence-electron chi connectivity index (χ0n) is 18.3. The Bertz CT molecular complexity index is 1150. The van der Waals surface area contributed by atoms with Crippen LogP contribution in [0.5, 0.6) is 11.5 Å². The fourth-order valence-electron chi connectivity index (χ4n) is 3.09. The summed E-state index contributed by atoms with van der Waals surface area (Å²) >= 11 is 5.23. The lowest BCUT2D eigenvalue weighted by Crippen LogP contribution is -2.23. The van der Waals surface area contributed by atoms with Crippen molar-refractivity contribution < 1.29 is 14.4 Å². The molecule has 0 saturated carbocycles. The lowest BCUT2D eigenvalue weighted by molar-refractivity contribution is -0.385. The van der Waals surface area contributed by atoms with Gasteiger partial charge in [-0.1, -0.05) is 24.3 Å². The number of hydrogen-bond donors (Lipinski definition) is 2. The molecule has 0 radical (unpaired) electrons.